The van der Waals surface area contributed by atoms with Gasteiger partial charge in [0, 0.05) is 5.56 Å². The molecule has 0 aliphatic rings. The third-order valence-electron chi connectivity index (χ3n) is 4.71. The Kier molecular flexibility index (Phi) is 7.45. The van der Waals surface area contributed by atoms with E-state index < -0.39 is 16.7 Å². The van der Waals surface area contributed by atoms with Crippen LogP contribution in [0.1, 0.15) is 15.9 Å². The van der Waals surface area contributed by atoms with Crippen LogP contribution < -0.4 is 20.1 Å². The summed E-state index contributed by atoms with van der Waals surface area (Å²) in [5, 5.41) is 26.6. The molecular formula is C24H21N3O7. The van der Waals surface area contributed by atoms with Crippen LogP contribution in [0.3, 0.4) is 0 Å². The molecule has 0 atom stereocenters. The molecule has 10 heteroatoms. The van der Waals surface area contributed by atoms with Crippen molar-refractivity contribution in [3.05, 3.63) is 93.7 Å². The number of phenols is 1. The number of phenolic OH excluding ortho intramolecular Hbond substituents is 1. The molecule has 0 saturated heterocycles. The molecule has 0 unspecified atom stereocenters. The first-order valence-electron chi connectivity index (χ1n) is 9.92. The molecule has 0 aliphatic heterocycles. The number of nitro benzene ring substituents is 1. The van der Waals surface area contributed by atoms with E-state index in [4.69, 9.17) is 9.47 Å². The highest BCUT2D eigenvalue weighted by molar-refractivity contribution is 6.11. The molecule has 2 amide bonds. The summed E-state index contributed by atoms with van der Waals surface area (Å²) in [5.41, 5.74) is -0.329. The van der Waals surface area contributed by atoms with Gasteiger partial charge in [-0.15, -0.1) is 0 Å². The number of ether oxygens (including phenoxy) is 2. The predicted molar refractivity (Wildman–Crippen MR) is 125 cm³/mol. The topological polar surface area (TPSA) is 140 Å². The third kappa shape index (κ3) is 5.49. The van der Waals surface area contributed by atoms with Crippen molar-refractivity contribution >= 4 is 29.3 Å². The van der Waals surface area contributed by atoms with Crippen LogP contribution in [-0.2, 0) is 4.79 Å². The van der Waals surface area contributed by atoms with Crippen molar-refractivity contribution in [3.63, 3.8) is 0 Å². The first-order chi connectivity index (χ1) is 16.3. The maximum Gasteiger partial charge on any atom is 0.280 e. The summed E-state index contributed by atoms with van der Waals surface area (Å²) in [7, 11) is 2.70. The summed E-state index contributed by atoms with van der Waals surface area (Å²) in [6.45, 7) is 0. The lowest BCUT2D eigenvalue weighted by Crippen LogP contribution is -2.30. The molecule has 174 valence electrons. The van der Waals surface area contributed by atoms with Gasteiger partial charge >= 0.3 is 0 Å². The van der Waals surface area contributed by atoms with E-state index >= 15 is 0 Å². The Labute approximate surface area is 194 Å². The van der Waals surface area contributed by atoms with Crippen molar-refractivity contribution < 1.29 is 29.1 Å². The molecule has 0 saturated carbocycles. The number of hydrogen-bond acceptors (Lipinski definition) is 7. The van der Waals surface area contributed by atoms with Gasteiger partial charge in [-0.3, -0.25) is 19.7 Å². The Bertz CT molecular complexity index is 1260. The van der Waals surface area contributed by atoms with Crippen molar-refractivity contribution in [2.24, 2.45) is 0 Å². The van der Waals surface area contributed by atoms with Gasteiger partial charge in [-0.05, 0) is 36.4 Å². The van der Waals surface area contributed by atoms with Crippen molar-refractivity contribution in [2.75, 3.05) is 19.5 Å². The van der Waals surface area contributed by atoms with Gasteiger partial charge < -0.3 is 25.2 Å². The molecule has 0 heterocycles. The molecule has 3 aromatic carbocycles. The lowest BCUT2D eigenvalue weighted by atomic mass is 10.1. The second-order valence-corrected chi connectivity index (χ2v) is 6.87. The number of nitrogens with one attached hydrogen (secondary N) is 2. The van der Waals surface area contributed by atoms with Gasteiger partial charge in [0.05, 0.1) is 36.5 Å². The van der Waals surface area contributed by atoms with Crippen LogP contribution in [0.25, 0.3) is 6.08 Å². The summed E-state index contributed by atoms with van der Waals surface area (Å²) in [6, 6.07) is 16.6. The van der Waals surface area contributed by atoms with Crippen LogP contribution in [-0.4, -0.2) is 36.1 Å². The first-order valence-corrected chi connectivity index (χ1v) is 9.92. The molecule has 0 fully saturated rings. The quantitative estimate of drug-likeness (QED) is 0.200. The highest BCUT2D eigenvalue weighted by atomic mass is 16.6. The van der Waals surface area contributed by atoms with Gasteiger partial charge in [-0.1, -0.05) is 30.3 Å². The number of benzene rings is 3. The van der Waals surface area contributed by atoms with E-state index in [2.05, 4.69) is 10.6 Å². The molecule has 0 radical (unpaired) electrons. The molecule has 0 aliphatic carbocycles. The number of carbonyl (C=O) groups is 2. The second-order valence-electron chi connectivity index (χ2n) is 6.87. The molecule has 0 bridgehead atoms. The van der Waals surface area contributed by atoms with Gasteiger partial charge in [0.15, 0.2) is 11.5 Å². The summed E-state index contributed by atoms with van der Waals surface area (Å²) in [4.78, 5) is 36.8. The maximum atomic E-state index is 13.1. The van der Waals surface area contributed by atoms with Gasteiger partial charge in [0.1, 0.15) is 11.4 Å². The zero-order valence-electron chi connectivity index (χ0n) is 18.3. The Morgan fingerprint density at radius 3 is 2.21 bits per heavy atom. The minimum Gasteiger partial charge on any atom is -0.506 e. The highest BCUT2D eigenvalue weighted by Crippen LogP contribution is 2.35. The van der Waals surface area contributed by atoms with Crippen LogP contribution in [0.5, 0.6) is 17.2 Å². The number of carbonyl (C=O) groups excluding carboxylic acids is 2. The minimum absolute atomic E-state index is 0.0153. The number of anilines is 1. The fourth-order valence-electron chi connectivity index (χ4n) is 3.02. The fraction of sp³-hybridized carbons (Fsp3) is 0.0833. The number of aromatic hydroxyl groups is 1. The van der Waals surface area contributed by atoms with Gasteiger partial charge in [0.2, 0.25) is 0 Å². The summed E-state index contributed by atoms with van der Waals surface area (Å²) >= 11 is 0. The van der Waals surface area contributed by atoms with Gasteiger partial charge in [0.25, 0.3) is 17.5 Å². The van der Waals surface area contributed by atoms with E-state index in [0.717, 1.165) is 12.1 Å². The maximum absolute atomic E-state index is 13.1. The Morgan fingerprint density at radius 1 is 0.971 bits per heavy atom. The monoisotopic (exact) mass is 463 g/mol. The molecule has 10 nitrogen and oxygen atoms in total. The first kappa shape index (κ1) is 23.8. The predicted octanol–water partition coefficient (Wildman–Crippen LogP) is 3.73. The van der Waals surface area contributed by atoms with E-state index in [0.29, 0.717) is 0 Å². The van der Waals surface area contributed by atoms with Crippen LogP contribution in [0.4, 0.5) is 11.4 Å². The Balaban J connectivity index is 2.09. The Morgan fingerprint density at radius 2 is 1.59 bits per heavy atom. The van der Waals surface area contributed by atoms with E-state index in [9.17, 15) is 24.8 Å². The number of nitrogens with zero attached hydrogens (tertiary/aromatic N) is 1. The lowest BCUT2D eigenvalue weighted by molar-refractivity contribution is -0.385. The smallest absolute Gasteiger partial charge is 0.280 e. The molecule has 3 N–H and O–H groups in total. The minimum atomic E-state index is -0.810. The molecule has 3 rings (SSSR count). The third-order valence-corrected chi connectivity index (χ3v) is 4.71. The molecule has 0 aromatic heterocycles. The zero-order chi connectivity index (χ0) is 24.7. The molecule has 34 heavy (non-hydrogen) atoms. The summed E-state index contributed by atoms with van der Waals surface area (Å²) in [5.74, 6) is -1.30. The van der Waals surface area contributed by atoms with Crippen molar-refractivity contribution in [1.29, 1.82) is 0 Å². The fourth-order valence-corrected chi connectivity index (χ4v) is 3.02. The number of amides is 2. The van der Waals surface area contributed by atoms with Crippen LogP contribution in [0.2, 0.25) is 0 Å². The molecule has 0 spiro atoms. The Hall–Kier alpha value is -4.86. The number of para-hydroxylation sites is 2. The van der Waals surface area contributed by atoms with E-state index in [1.807, 2.05) is 0 Å². The van der Waals surface area contributed by atoms with E-state index in [-0.39, 0.29) is 45.4 Å². The summed E-state index contributed by atoms with van der Waals surface area (Å²) in [6.07, 6.45) is 1.15. The average molecular weight is 463 g/mol. The van der Waals surface area contributed by atoms with Crippen molar-refractivity contribution in [2.45, 2.75) is 0 Å². The number of hydrogen-bond donors (Lipinski definition) is 3. The van der Waals surface area contributed by atoms with Gasteiger partial charge in [-0.25, -0.2) is 0 Å². The van der Waals surface area contributed by atoms with E-state index in [1.54, 1.807) is 42.5 Å². The van der Waals surface area contributed by atoms with Crippen LogP contribution >= 0.6 is 0 Å². The van der Waals surface area contributed by atoms with Crippen molar-refractivity contribution in [1.82, 2.24) is 5.32 Å². The van der Waals surface area contributed by atoms with E-state index in [1.165, 1.54) is 32.4 Å². The SMILES string of the molecule is COc1cc(/C=C(\NC(=O)c2ccccc2)C(=O)Nc2ccccc2O)c([N+](=O)[O-])cc1OC. The zero-order valence-corrected chi connectivity index (χ0v) is 18.3. The summed E-state index contributed by atoms with van der Waals surface area (Å²) < 4.78 is 10.3. The highest BCUT2D eigenvalue weighted by Gasteiger charge is 2.22. The number of rotatable bonds is 8. The average Bonchev–Trinajstić information content (AvgIpc) is 2.84. The van der Waals surface area contributed by atoms with Crippen LogP contribution in [0.15, 0.2) is 72.4 Å². The number of nitro groups is 1. The standard InChI is InChI=1S/C24H21N3O7/c1-33-21-13-16(19(27(31)32)14-22(21)34-2)12-18(26-23(29)15-8-4-3-5-9-15)24(30)25-17-10-6-7-11-20(17)28/h3-14,28H,1-2H3,(H,25,30)(H,26,29)/b18-12-. The second kappa shape index (κ2) is 10.6. The largest absolute Gasteiger partial charge is 0.506 e. The van der Waals surface area contributed by atoms with Crippen molar-refractivity contribution in [3.8, 4) is 17.2 Å². The van der Waals surface area contributed by atoms with Gasteiger partial charge in [-0.2, -0.15) is 0 Å². The molecular weight excluding hydrogens is 442 g/mol. The molecule has 3 aromatic rings. The normalized spacial score (nSPS) is 10.8. The van der Waals surface area contributed by atoms with Crippen LogP contribution in [0, 0.1) is 10.1 Å². The lowest BCUT2D eigenvalue weighted by Gasteiger charge is -2.13. The number of methoxy groups -OCH3 is 2.